The van der Waals surface area contributed by atoms with E-state index >= 15 is 0 Å². The fraction of sp³-hybridized carbons (Fsp3) is 0.296. The largest absolute Gasteiger partial charge is 0.497 e. The third-order valence-corrected chi connectivity index (χ3v) is 8.00. The lowest BCUT2D eigenvalue weighted by Crippen LogP contribution is -2.41. The fourth-order valence-electron chi connectivity index (χ4n) is 3.97. The molecule has 4 rings (SSSR count). The second-order valence-electron chi connectivity index (χ2n) is 8.34. The molecule has 12 heteroatoms. The zero-order valence-corrected chi connectivity index (χ0v) is 23.2. The third kappa shape index (κ3) is 6.77. The van der Waals surface area contributed by atoms with Crippen LogP contribution in [0.15, 0.2) is 70.5 Å². The molecule has 0 atom stereocenters. The van der Waals surface area contributed by atoms with E-state index in [0.29, 0.717) is 48.4 Å². The van der Waals surface area contributed by atoms with Gasteiger partial charge >= 0.3 is 0 Å². The number of carbonyl (C=O) groups excluding carboxylic acids is 1. The number of sulfonamides is 1. The molecule has 2 N–H and O–H groups in total. The van der Waals surface area contributed by atoms with E-state index in [0.717, 1.165) is 0 Å². The number of methoxy groups -OCH3 is 1. The first-order chi connectivity index (χ1) is 18.9. The van der Waals surface area contributed by atoms with E-state index in [-0.39, 0.29) is 41.1 Å². The molecule has 0 aliphatic carbocycles. The molecule has 3 aromatic carbocycles. The van der Waals surface area contributed by atoms with Gasteiger partial charge in [0.2, 0.25) is 0 Å². The van der Waals surface area contributed by atoms with Gasteiger partial charge in [-0.1, -0.05) is 24.3 Å². The summed E-state index contributed by atoms with van der Waals surface area (Å²) < 4.78 is 53.0. The number of rotatable bonds is 11. The highest BCUT2D eigenvalue weighted by atomic mass is 32.2. The minimum absolute atomic E-state index is 0.0342. The highest BCUT2D eigenvalue weighted by Gasteiger charge is 2.33. The number of thioether (sulfide) groups is 1. The van der Waals surface area contributed by atoms with E-state index in [4.69, 9.17) is 18.9 Å². The summed E-state index contributed by atoms with van der Waals surface area (Å²) in [5, 5.41) is 9.54. The number of morpholine rings is 1. The van der Waals surface area contributed by atoms with E-state index in [9.17, 15) is 18.3 Å². The van der Waals surface area contributed by atoms with Crippen molar-refractivity contribution in [3.63, 3.8) is 0 Å². The van der Waals surface area contributed by atoms with Crippen LogP contribution in [0.4, 0.5) is 5.69 Å². The summed E-state index contributed by atoms with van der Waals surface area (Å²) in [5.41, 5.74) is 0.474. The van der Waals surface area contributed by atoms with E-state index < -0.39 is 10.0 Å². The maximum Gasteiger partial charge on any atom is 0.265 e. The SMILES string of the molecule is COc1cccc(Oc2c(S(=O)(=O)Nc3ccccc3)cc(C(=O)N3CCOCC3)c(SC)c2OCCO)c1. The minimum Gasteiger partial charge on any atom is -0.497 e. The maximum atomic E-state index is 13.8. The van der Waals surface area contributed by atoms with Crippen molar-refractivity contribution >= 4 is 33.4 Å². The Labute approximate surface area is 231 Å². The molecule has 10 nitrogen and oxygen atoms in total. The second kappa shape index (κ2) is 13.1. The summed E-state index contributed by atoms with van der Waals surface area (Å²) in [6, 6.07) is 16.4. The zero-order valence-electron chi connectivity index (χ0n) is 21.6. The molecule has 0 radical (unpaired) electrons. The molecule has 0 aromatic heterocycles. The van der Waals surface area contributed by atoms with Gasteiger partial charge in [-0.3, -0.25) is 9.52 Å². The summed E-state index contributed by atoms with van der Waals surface area (Å²) in [5.74, 6) is 0.343. The van der Waals surface area contributed by atoms with Crippen molar-refractivity contribution in [1.29, 1.82) is 0 Å². The van der Waals surface area contributed by atoms with Gasteiger partial charge in [-0.25, -0.2) is 8.42 Å². The summed E-state index contributed by atoms with van der Waals surface area (Å²) >= 11 is 1.22. The number of anilines is 1. The molecule has 1 saturated heterocycles. The van der Waals surface area contributed by atoms with Gasteiger partial charge < -0.3 is 29.0 Å². The number of aliphatic hydroxyl groups excluding tert-OH is 1. The molecule has 0 saturated carbocycles. The number of amides is 1. The van der Waals surface area contributed by atoms with Crippen LogP contribution >= 0.6 is 11.8 Å². The Hall–Kier alpha value is -3.45. The average molecular weight is 575 g/mol. The molecule has 1 aliphatic rings. The van der Waals surface area contributed by atoms with Crippen molar-refractivity contribution in [3.05, 3.63) is 66.2 Å². The van der Waals surface area contributed by atoms with Gasteiger partial charge in [0.25, 0.3) is 15.9 Å². The van der Waals surface area contributed by atoms with Crippen molar-refractivity contribution in [2.75, 3.05) is 57.6 Å². The van der Waals surface area contributed by atoms with Gasteiger partial charge in [-0.2, -0.15) is 0 Å². The third-order valence-electron chi connectivity index (χ3n) is 5.80. The first-order valence-corrected chi connectivity index (χ1v) is 14.8. The second-order valence-corrected chi connectivity index (χ2v) is 10.8. The van der Waals surface area contributed by atoms with Crippen molar-refractivity contribution in [3.8, 4) is 23.0 Å². The first kappa shape index (κ1) is 28.6. The summed E-state index contributed by atoms with van der Waals surface area (Å²) in [6.07, 6.45) is 1.75. The van der Waals surface area contributed by atoms with Gasteiger partial charge in [0.05, 0.1) is 37.4 Å². The predicted molar refractivity (Wildman–Crippen MR) is 148 cm³/mol. The highest BCUT2D eigenvalue weighted by molar-refractivity contribution is 7.98. The first-order valence-electron chi connectivity index (χ1n) is 12.1. The van der Waals surface area contributed by atoms with Crippen molar-refractivity contribution in [2.45, 2.75) is 9.79 Å². The molecule has 208 valence electrons. The number of ether oxygens (including phenoxy) is 4. The van der Waals surface area contributed by atoms with E-state index in [2.05, 4.69) is 4.72 Å². The summed E-state index contributed by atoms with van der Waals surface area (Å²) in [7, 11) is -2.79. The van der Waals surface area contributed by atoms with Crippen LogP contribution in [0.1, 0.15) is 10.4 Å². The molecular formula is C27H30N2O8S2. The molecule has 1 fully saturated rings. The lowest BCUT2D eigenvalue weighted by molar-refractivity contribution is 0.0300. The van der Waals surface area contributed by atoms with Gasteiger partial charge in [0.1, 0.15) is 23.0 Å². The van der Waals surface area contributed by atoms with Crippen molar-refractivity contribution in [1.82, 2.24) is 4.90 Å². The Balaban J connectivity index is 1.94. The smallest absolute Gasteiger partial charge is 0.265 e. The number of para-hydroxylation sites is 1. The number of hydrogen-bond acceptors (Lipinski definition) is 9. The number of hydrogen-bond donors (Lipinski definition) is 2. The van der Waals surface area contributed by atoms with Crippen LogP contribution in [0.3, 0.4) is 0 Å². The van der Waals surface area contributed by atoms with Crippen molar-refractivity contribution < 1.29 is 37.3 Å². The Morgan fingerprint density at radius 2 is 1.77 bits per heavy atom. The van der Waals surface area contributed by atoms with Gasteiger partial charge in [-0.15, -0.1) is 11.8 Å². The molecule has 0 unspecified atom stereocenters. The lowest BCUT2D eigenvalue weighted by atomic mass is 10.1. The minimum atomic E-state index is -4.29. The van der Waals surface area contributed by atoms with E-state index in [1.54, 1.807) is 65.8 Å². The number of aliphatic hydroxyl groups is 1. The Bertz CT molecular complexity index is 1390. The predicted octanol–water partition coefficient (Wildman–Crippen LogP) is 3.85. The van der Waals surface area contributed by atoms with Crippen LogP contribution in [0.25, 0.3) is 0 Å². The number of nitrogens with one attached hydrogen (secondary N) is 1. The molecule has 0 bridgehead atoms. The van der Waals surface area contributed by atoms with Crippen LogP contribution in [-0.2, 0) is 14.8 Å². The Morgan fingerprint density at radius 1 is 1.05 bits per heavy atom. The van der Waals surface area contributed by atoms with Gasteiger partial charge in [-0.05, 0) is 36.6 Å². The molecular weight excluding hydrogens is 544 g/mol. The average Bonchev–Trinajstić information content (AvgIpc) is 2.96. The molecule has 0 spiro atoms. The molecule has 1 amide bonds. The number of benzene rings is 3. The van der Waals surface area contributed by atoms with Crippen LogP contribution in [0.2, 0.25) is 0 Å². The highest BCUT2D eigenvalue weighted by Crippen LogP contribution is 2.47. The molecule has 3 aromatic rings. The zero-order chi connectivity index (χ0) is 27.8. The Kier molecular flexibility index (Phi) is 9.57. The molecule has 1 heterocycles. The van der Waals surface area contributed by atoms with Gasteiger partial charge in [0, 0.05) is 24.8 Å². The van der Waals surface area contributed by atoms with Crippen LogP contribution in [-0.4, -0.2) is 77.2 Å². The lowest BCUT2D eigenvalue weighted by Gasteiger charge is -2.28. The topological polar surface area (TPSA) is 124 Å². The van der Waals surface area contributed by atoms with Crippen LogP contribution < -0.4 is 18.9 Å². The molecule has 1 aliphatic heterocycles. The summed E-state index contributed by atoms with van der Waals surface area (Å²) in [6.45, 7) is 1.01. The Morgan fingerprint density at radius 3 is 2.44 bits per heavy atom. The fourth-order valence-corrected chi connectivity index (χ4v) is 5.88. The monoisotopic (exact) mass is 574 g/mol. The van der Waals surface area contributed by atoms with E-state index in [1.807, 2.05) is 0 Å². The van der Waals surface area contributed by atoms with Crippen molar-refractivity contribution in [2.24, 2.45) is 0 Å². The quantitative estimate of drug-likeness (QED) is 0.329. The molecule has 39 heavy (non-hydrogen) atoms. The standard InChI is InChI=1S/C27H30N2O8S2/c1-34-20-9-6-10-21(17-20)37-24-23(39(32,33)28-19-7-4-3-5-8-19)18-22(26(38-2)25(24)36-16-13-30)27(31)29-11-14-35-15-12-29/h3-10,17-18,28,30H,11-16H2,1-2H3. The number of carbonyl (C=O) groups is 1. The van der Waals surface area contributed by atoms with Crippen LogP contribution in [0.5, 0.6) is 23.0 Å². The number of nitrogens with zero attached hydrogens (tertiary/aromatic N) is 1. The summed E-state index contributed by atoms with van der Waals surface area (Å²) in [4.78, 5) is 15.4. The normalized spacial score (nSPS) is 13.6. The van der Waals surface area contributed by atoms with Gasteiger partial charge in [0.15, 0.2) is 11.5 Å². The van der Waals surface area contributed by atoms with Crippen LogP contribution in [0, 0.1) is 0 Å². The maximum absolute atomic E-state index is 13.8. The van der Waals surface area contributed by atoms with E-state index in [1.165, 1.54) is 24.9 Å².